The number of pyridine rings is 1. The highest BCUT2D eigenvalue weighted by molar-refractivity contribution is 5.92. The second-order valence-corrected chi connectivity index (χ2v) is 5.89. The zero-order valence-electron chi connectivity index (χ0n) is 14.4. The normalized spacial score (nSPS) is 11.9. The fourth-order valence-electron chi connectivity index (χ4n) is 2.57. The standard InChI is InChI=1S/C19H17N5O3/c25-19(22-10-13-3-5-16-17(8-13)27-12-26-16)15-4-6-18(24-23-15)21-11-14-2-1-7-20-9-14/h1-9H,10-12H2,(H,21,24)(H,22,25). The molecular weight excluding hydrogens is 346 g/mol. The molecule has 0 saturated carbocycles. The minimum absolute atomic E-state index is 0.224. The minimum Gasteiger partial charge on any atom is -0.454 e. The zero-order chi connectivity index (χ0) is 18.5. The molecular formula is C19H17N5O3. The summed E-state index contributed by atoms with van der Waals surface area (Å²) >= 11 is 0. The number of nitrogens with one attached hydrogen (secondary N) is 2. The van der Waals surface area contributed by atoms with E-state index in [4.69, 9.17) is 9.47 Å². The van der Waals surface area contributed by atoms with Gasteiger partial charge in [-0.15, -0.1) is 10.2 Å². The quantitative estimate of drug-likeness (QED) is 0.692. The van der Waals surface area contributed by atoms with Gasteiger partial charge >= 0.3 is 0 Å². The molecule has 8 nitrogen and oxygen atoms in total. The van der Waals surface area contributed by atoms with Gasteiger partial charge in [-0.3, -0.25) is 9.78 Å². The summed E-state index contributed by atoms with van der Waals surface area (Å²) in [5, 5.41) is 14.0. The van der Waals surface area contributed by atoms with E-state index in [1.54, 1.807) is 24.5 Å². The van der Waals surface area contributed by atoms with Crippen LogP contribution in [0.25, 0.3) is 0 Å². The first-order valence-corrected chi connectivity index (χ1v) is 8.41. The molecule has 0 spiro atoms. The van der Waals surface area contributed by atoms with Crippen LogP contribution in [0.1, 0.15) is 21.6 Å². The zero-order valence-corrected chi connectivity index (χ0v) is 14.4. The summed E-state index contributed by atoms with van der Waals surface area (Å²) in [6, 6.07) is 12.7. The Balaban J connectivity index is 1.31. The molecule has 1 amide bonds. The van der Waals surface area contributed by atoms with Crippen LogP contribution < -0.4 is 20.1 Å². The molecule has 4 rings (SSSR count). The van der Waals surface area contributed by atoms with Gasteiger partial charge in [0.25, 0.3) is 5.91 Å². The predicted octanol–water partition coefficient (Wildman–Crippen LogP) is 2.14. The lowest BCUT2D eigenvalue weighted by Crippen LogP contribution is -2.24. The third-order valence-electron chi connectivity index (χ3n) is 3.98. The van der Waals surface area contributed by atoms with E-state index < -0.39 is 0 Å². The first kappa shape index (κ1) is 16.8. The molecule has 0 fully saturated rings. The van der Waals surface area contributed by atoms with Gasteiger partial charge in [-0.1, -0.05) is 12.1 Å². The number of ether oxygens (including phenoxy) is 2. The summed E-state index contributed by atoms with van der Waals surface area (Å²) in [6.07, 6.45) is 3.50. The topological polar surface area (TPSA) is 98.3 Å². The van der Waals surface area contributed by atoms with E-state index >= 15 is 0 Å². The van der Waals surface area contributed by atoms with Crippen LogP contribution in [0.2, 0.25) is 0 Å². The maximum atomic E-state index is 12.2. The van der Waals surface area contributed by atoms with Crippen molar-refractivity contribution in [3.05, 3.63) is 71.7 Å². The lowest BCUT2D eigenvalue weighted by Gasteiger charge is -2.07. The third kappa shape index (κ3) is 4.12. The molecule has 0 saturated heterocycles. The van der Waals surface area contributed by atoms with Gasteiger partial charge in [0.15, 0.2) is 17.2 Å². The Labute approximate surface area is 155 Å². The molecule has 8 heteroatoms. The number of anilines is 1. The van der Waals surface area contributed by atoms with Gasteiger partial charge < -0.3 is 20.1 Å². The van der Waals surface area contributed by atoms with Crippen molar-refractivity contribution in [2.45, 2.75) is 13.1 Å². The summed E-state index contributed by atoms with van der Waals surface area (Å²) in [7, 11) is 0. The highest BCUT2D eigenvalue weighted by atomic mass is 16.7. The SMILES string of the molecule is O=C(NCc1ccc2c(c1)OCO2)c1ccc(NCc2cccnc2)nn1. The average Bonchev–Trinajstić information content (AvgIpc) is 3.19. The molecule has 0 atom stereocenters. The summed E-state index contributed by atoms with van der Waals surface area (Å²) in [5.41, 5.74) is 2.20. The summed E-state index contributed by atoms with van der Waals surface area (Å²) in [4.78, 5) is 16.3. The van der Waals surface area contributed by atoms with Gasteiger partial charge in [0.05, 0.1) is 0 Å². The second kappa shape index (κ2) is 7.69. The van der Waals surface area contributed by atoms with Gasteiger partial charge in [-0.25, -0.2) is 0 Å². The number of fused-ring (bicyclic) bond motifs is 1. The largest absolute Gasteiger partial charge is 0.454 e. The third-order valence-corrected chi connectivity index (χ3v) is 3.98. The summed E-state index contributed by atoms with van der Waals surface area (Å²) in [6.45, 7) is 1.16. The van der Waals surface area contributed by atoms with Crippen molar-refractivity contribution in [1.82, 2.24) is 20.5 Å². The number of amides is 1. The van der Waals surface area contributed by atoms with Crippen molar-refractivity contribution in [1.29, 1.82) is 0 Å². The molecule has 1 aliphatic heterocycles. The van der Waals surface area contributed by atoms with Crippen LogP contribution in [0.3, 0.4) is 0 Å². The van der Waals surface area contributed by atoms with E-state index in [0.29, 0.717) is 30.4 Å². The number of hydrogen-bond donors (Lipinski definition) is 2. The smallest absolute Gasteiger partial charge is 0.272 e. The number of benzene rings is 1. The van der Waals surface area contributed by atoms with E-state index in [-0.39, 0.29) is 18.4 Å². The van der Waals surface area contributed by atoms with Crippen LogP contribution >= 0.6 is 0 Å². The maximum absolute atomic E-state index is 12.2. The Morgan fingerprint density at radius 2 is 1.93 bits per heavy atom. The van der Waals surface area contributed by atoms with Gasteiger partial charge in [-0.05, 0) is 41.5 Å². The van der Waals surface area contributed by atoms with E-state index in [0.717, 1.165) is 11.1 Å². The van der Waals surface area contributed by atoms with Crippen LogP contribution in [0.4, 0.5) is 5.82 Å². The Hall–Kier alpha value is -3.68. The van der Waals surface area contributed by atoms with E-state index in [9.17, 15) is 4.79 Å². The van der Waals surface area contributed by atoms with Crippen molar-refractivity contribution in [3.63, 3.8) is 0 Å². The Kier molecular flexibility index (Phi) is 4.78. The number of hydrogen-bond acceptors (Lipinski definition) is 7. The number of rotatable bonds is 6. The summed E-state index contributed by atoms with van der Waals surface area (Å²) in [5.74, 6) is 1.70. The van der Waals surface area contributed by atoms with Crippen molar-refractivity contribution >= 4 is 11.7 Å². The van der Waals surface area contributed by atoms with Crippen LogP contribution in [0.5, 0.6) is 11.5 Å². The fraction of sp³-hybridized carbons (Fsp3) is 0.158. The average molecular weight is 363 g/mol. The Bertz CT molecular complexity index is 932. The molecule has 1 aliphatic rings. The van der Waals surface area contributed by atoms with Gasteiger partial charge in [0.2, 0.25) is 6.79 Å². The number of nitrogens with zero attached hydrogens (tertiary/aromatic N) is 3. The highest BCUT2D eigenvalue weighted by Gasteiger charge is 2.14. The van der Waals surface area contributed by atoms with E-state index in [2.05, 4.69) is 25.8 Å². The van der Waals surface area contributed by atoms with Gasteiger partial charge in [0, 0.05) is 25.5 Å². The molecule has 2 N–H and O–H groups in total. The molecule has 27 heavy (non-hydrogen) atoms. The first-order valence-electron chi connectivity index (χ1n) is 8.41. The number of carbonyl (C=O) groups is 1. The molecule has 3 heterocycles. The lowest BCUT2D eigenvalue weighted by molar-refractivity contribution is 0.0945. The first-order chi connectivity index (χ1) is 13.3. The Morgan fingerprint density at radius 3 is 2.74 bits per heavy atom. The molecule has 2 aromatic heterocycles. The minimum atomic E-state index is -0.293. The van der Waals surface area contributed by atoms with Crippen LogP contribution in [0, 0.1) is 0 Å². The molecule has 3 aromatic rings. The van der Waals surface area contributed by atoms with Crippen molar-refractivity contribution in [2.24, 2.45) is 0 Å². The van der Waals surface area contributed by atoms with E-state index in [1.165, 1.54) is 0 Å². The van der Waals surface area contributed by atoms with Crippen molar-refractivity contribution in [2.75, 3.05) is 12.1 Å². The summed E-state index contributed by atoms with van der Waals surface area (Å²) < 4.78 is 10.6. The number of carbonyl (C=O) groups excluding carboxylic acids is 1. The molecule has 1 aromatic carbocycles. The number of aromatic nitrogens is 3. The maximum Gasteiger partial charge on any atom is 0.272 e. The highest BCUT2D eigenvalue weighted by Crippen LogP contribution is 2.32. The van der Waals surface area contributed by atoms with E-state index in [1.807, 2.05) is 30.3 Å². The predicted molar refractivity (Wildman–Crippen MR) is 97.3 cm³/mol. The van der Waals surface area contributed by atoms with Gasteiger partial charge in [0.1, 0.15) is 5.82 Å². The molecule has 0 aliphatic carbocycles. The molecule has 0 unspecified atom stereocenters. The second-order valence-electron chi connectivity index (χ2n) is 5.89. The Morgan fingerprint density at radius 1 is 1.00 bits per heavy atom. The fourth-order valence-corrected chi connectivity index (χ4v) is 2.57. The van der Waals surface area contributed by atoms with Crippen LogP contribution in [-0.4, -0.2) is 27.9 Å². The van der Waals surface area contributed by atoms with Gasteiger partial charge in [-0.2, -0.15) is 0 Å². The molecule has 0 radical (unpaired) electrons. The monoisotopic (exact) mass is 363 g/mol. The van der Waals surface area contributed by atoms with Crippen molar-refractivity contribution in [3.8, 4) is 11.5 Å². The van der Waals surface area contributed by atoms with Crippen molar-refractivity contribution < 1.29 is 14.3 Å². The lowest BCUT2D eigenvalue weighted by atomic mass is 10.2. The van der Waals surface area contributed by atoms with Crippen LogP contribution in [-0.2, 0) is 13.1 Å². The molecule has 136 valence electrons. The van der Waals surface area contributed by atoms with Crippen LogP contribution in [0.15, 0.2) is 54.9 Å². The molecule has 0 bridgehead atoms.